The highest BCUT2D eigenvalue weighted by molar-refractivity contribution is 7.88. The average Bonchev–Trinajstić information content (AvgIpc) is 3.01. The molecule has 3 aliphatic rings. The van der Waals surface area contributed by atoms with Crippen molar-refractivity contribution in [1.82, 2.24) is 14.1 Å². The summed E-state index contributed by atoms with van der Waals surface area (Å²) in [5.74, 6) is -0.431. The van der Waals surface area contributed by atoms with Crippen LogP contribution >= 0.6 is 23.2 Å². The van der Waals surface area contributed by atoms with Crippen molar-refractivity contribution in [1.29, 1.82) is 0 Å². The molecule has 0 N–H and O–H groups in total. The fraction of sp³-hybridized carbons (Fsp3) is 0.533. The molecule has 42 heavy (non-hydrogen) atoms. The number of carbonyl (C=O) groups excluding carboxylic acids is 2. The smallest absolute Gasteiger partial charge is 0.253 e. The predicted molar refractivity (Wildman–Crippen MR) is 165 cm³/mol. The summed E-state index contributed by atoms with van der Waals surface area (Å²) >= 11 is 12.6. The van der Waals surface area contributed by atoms with Gasteiger partial charge in [-0.15, -0.1) is 0 Å². The van der Waals surface area contributed by atoms with Crippen molar-refractivity contribution in [2.75, 3.05) is 70.7 Å². The number of halogens is 2. The van der Waals surface area contributed by atoms with E-state index in [1.165, 1.54) is 10.6 Å². The monoisotopic (exact) mass is 636 g/mol. The second kappa shape index (κ2) is 13.1. The van der Waals surface area contributed by atoms with Gasteiger partial charge in [0.25, 0.3) is 5.91 Å². The molecule has 3 heterocycles. The SMILES string of the molecule is CN(C(=O)c1ccc(N2CCOCC2)cc1)[C@@H]1CCN(C(=O)C2CCN(S(C)(=O)=O)CC2)C[C@H]1c1ccc(Cl)c(Cl)c1. The highest BCUT2D eigenvalue weighted by Gasteiger charge is 2.39. The van der Waals surface area contributed by atoms with Crippen molar-refractivity contribution >= 4 is 50.7 Å². The molecule has 0 aliphatic carbocycles. The van der Waals surface area contributed by atoms with Gasteiger partial charge in [-0.3, -0.25) is 9.59 Å². The van der Waals surface area contributed by atoms with Crippen molar-refractivity contribution in [3.05, 3.63) is 63.6 Å². The lowest BCUT2D eigenvalue weighted by Gasteiger charge is -2.44. The summed E-state index contributed by atoms with van der Waals surface area (Å²) in [5.41, 5.74) is 2.60. The van der Waals surface area contributed by atoms with Crippen LogP contribution in [-0.4, -0.2) is 106 Å². The molecule has 0 spiro atoms. The summed E-state index contributed by atoms with van der Waals surface area (Å²) in [6, 6.07) is 13.1. The predicted octanol–water partition coefficient (Wildman–Crippen LogP) is 3.96. The second-order valence-electron chi connectivity index (χ2n) is 11.4. The number of sulfonamides is 1. The average molecular weight is 638 g/mol. The van der Waals surface area contributed by atoms with Gasteiger partial charge in [0.15, 0.2) is 0 Å². The number of ether oxygens (including phenoxy) is 1. The molecule has 3 aliphatic heterocycles. The maximum Gasteiger partial charge on any atom is 0.253 e. The summed E-state index contributed by atoms with van der Waals surface area (Å²) in [6.45, 7) is 4.69. The van der Waals surface area contributed by atoms with Crippen LogP contribution in [0.5, 0.6) is 0 Å². The largest absolute Gasteiger partial charge is 0.378 e. The van der Waals surface area contributed by atoms with Gasteiger partial charge in [-0.1, -0.05) is 29.3 Å². The van der Waals surface area contributed by atoms with E-state index in [4.69, 9.17) is 27.9 Å². The molecule has 228 valence electrons. The molecule has 0 aromatic heterocycles. The summed E-state index contributed by atoms with van der Waals surface area (Å²) in [4.78, 5) is 33.3. The summed E-state index contributed by atoms with van der Waals surface area (Å²) in [7, 11) is -1.44. The standard InChI is InChI=1S/C30H38Cl2N4O5S/c1-33(29(37)21-3-6-24(7-4-21)34-15-17-41-18-16-34)28-11-12-35(20-25(28)23-5-8-26(31)27(32)19-23)30(38)22-9-13-36(14-10-22)42(2,39)40/h3-8,19,22,25,28H,9-18,20H2,1-2H3/t25-,28+/m0/s1. The quantitative estimate of drug-likeness (QED) is 0.477. The zero-order chi connectivity index (χ0) is 30.0. The number of hydrogen-bond donors (Lipinski definition) is 0. The van der Waals surface area contributed by atoms with Gasteiger partial charge in [-0.05, 0) is 61.2 Å². The third kappa shape index (κ3) is 6.89. The van der Waals surface area contributed by atoms with Crippen LogP contribution in [0.15, 0.2) is 42.5 Å². The van der Waals surface area contributed by atoms with Crippen LogP contribution in [0.25, 0.3) is 0 Å². The first kappa shape index (κ1) is 31.1. The molecule has 2 aromatic rings. The summed E-state index contributed by atoms with van der Waals surface area (Å²) < 4.78 is 30.8. The van der Waals surface area contributed by atoms with Crippen molar-refractivity contribution in [2.24, 2.45) is 5.92 Å². The molecule has 3 fully saturated rings. The van der Waals surface area contributed by atoms with E-state index in [1.807, 2.05) is 48.3 Å². The van der Waals surface area contributed by atoms with Crippen LogP contribution in [0, 0.1) is 5.92 Å². The summed E-state index contributed by atoms with van der Waals surface area (Å²) in [5, 5.41) is 0.875. The van der Waals surface area contributed by atoms with Crippen LogP contribution < -0.4 is 4.90 Å². The third-order valence-electron chi connectivity index (χ3n) is 8.84. The van der Waals surface area contributed by atoms with Gasteiger partial charge in [0.2, 0.25) is 15.9 Å². The van der Waals surface area contributed by atoms with Gasteiger partial charge in [-0.2, -0.15) is 0 Å². The van der Waals surface area contributed by atoms with Crippen LogP contribution in [0.1, 0.15) is 41.1 Å². The highest BCUT2D eigenvalue weighted by Crippen LogP contribution is 2.36. The first-order valence-electron chi connectivity index (χ1n) is 14.4. The lowest BCUT2D eigenvalue weighted by atomic mass is 9.84. The van der Waals surface area contributed by atoms with Crippen molar-refractivity contribution in [3.63, 3.8) is 0 Å². The molecule has 2 aromatic carbocycles. The maximum absolute atomic E-state index is 13.7. The van der Waals surface area contributed by atoms with Gasteiger partial charge >= 0.3 is 0 Å². The molecule has 0 bridgehead atoms. The van der Waals surface area contributed by atoms with Crippen molar-refractivity contribution in [3.8, 4) is 0 Å². The Morgan fingerprint density at radius 2 is 1.57 bits per heavy atom. The zero-order valence-electron chi connectivity index (χ0n) is 24.0. The van der Waals surface area contributed by atoms with E-state index < -0.39 is 10.0 Å². The molecule has 0 radical (unpaired) electrons. The lowest BCUT2D eigenvalue weighted by molar-refractivity contribution is -0.138. The van der Waals surface area contributed by atoms with E-state index in [-0.39, 0.29) is 29.7 Å². The van der Waals surface area contributed by atoms with Crippen LogP contribution in [0.3, 0.4) is 0 Å². The number of hydrogen-bond acceptors (Lipinski definition) is 6. The van der Waals surface area contributed by atoms with Crippen LogP contribution in [0.2, 0.25) is 10.0 Å². The van der Waals surface area contributed by atoms with Crippen LogP contribution in [0.4, 0.5) is 5.69 Å². The fourth-order valence-corrected chi connectivity index (χ4v) is 7.54. The molecule has 0 unspecified atom stereocenters. The molecular formula is C30H38Cl2N4O5S. The number of carbonyl (C=O) groups is 2. The molecule has 9 nitrogen and oxygen atoms in total. The number of likely N-dealkylation sites (N-methyl/N-ethyl adjacent to an activating group) is 1. The number of rotatable bonds is 6. The first-order chi connectivity index (χ1) is 20.0. The summed E-state index contributed by atoms with van der Waals surface area (Å²) in [6.07, 6.45) is 2.81. The molecule has 3 saturated heterocycles. The minimum Gasteiger partial charge on any atom is -0.378 e. The molecule has 12 heteroatoms. The van der Waals surface area contributed by atoms with Gasteiger partial charge in [0.05, 0.1) is 29.5 Å². The van der Waals surface area contributed by atoms with E-state index in [9.17, 15) is 18.0 Å². The Balaban J connectivity index is 1.32. The maximum atomic E-state index is 13.7. The highest BCUT2D eigenvalue weighted by atomic mass is 35.5. The Labute approximate surface area is 258 Å². The normalized spacial score (nSPS) is 22.7. The van der Waals surface area contributed by atoms with Crippen molar-refractivity contribution in [2.45, 2.75) is 31.2 Å². The molecule has 2 atom stereocenters. The Kier molecular flexibility index (Phi) is 9.69. The van der Waals surface area contributed by atoms with Gasteiger partial charge in [0.1, 0.15) is 0 Å². The van der Waals surface area contributed by atoms with E-state index in [0.717, 1.165) is 24.3 Å². The Hall–Kier alpha value is -2.37. The Morgan fingerprint density at radius 3 is 2.19 bits per heavy atom. The second-order valence-corrected chi connectivity index (χ2v) is 14.2. The third-order valence-corrected chi connectivity index (χ3v) is 10.9. The topological polar surface area (TPSA) is 90.5 Å². The number of piperidine rings is 2. The molecule has 2 amide bonds. The fourth-order valence-electron chi connectivity index (χ4n) is 6.36. The number of morpholine rings is 1. The minimum atomic E-state index is -3.27. The van der Waals surface area contributed by atoms with Crippen molar-refractivity contribution < 1.29 is 22.7 Å². The van der Waals surface area contributed by atoms with E-state index >= 15 is 0 Å². The number of benzene rings is 2. The van der Waals surface area contributed by atoms with E-state index in [1.54, 1.807) is 11.0 Å². The van der Waals surface area contributed by atoms with E-state index in [0.29, 0.717) is 74.3 Å². The molecule has 0 saturated carbocycles. The Bertz CT molecular complexity index is 1390. The van der Waals surface area contributed by atoms with E-state index in [2.05, 4.69) is 4.90 Å². The zero-order valence-corrected chi connectivity index (χ0v) is 26.4. The Morgan fingerprint density at radius 1 is 0.905 bits per heavy atom. The van der Waals surface area contributed by atoms with Gasteiger partial charge < -0.3 is 19.4 Å². The minimum absolute atomic E-state index is 0.0411. The van der Waals surface area contributed by atoms with Gasteiger partial charge in [0, 0.05) is 75.4 Å². The molecule has 5 rings (SSSR count). The number of likely N-dealkylation sites (tertiary alicyclic amines) is 1. The number of amides is 2. The molecular weight excluding hydrogens is 599 g/mol. The van der Waals surface area contributed by atoms with Crippen LogP contribution in [-0.2, 0) is 19.6 Å². The number of nitrogens with zero attached hydrogens (tertiary/aromatic N) is 4. The number of anilines is 1. The van der Waals surface area contributed by atoms with Gasteiger partial charge in [-0.25, -0.2) is 12.7 Å². The lowest BCUT2D eigenvalue weighted by Crippen LogP contribution is -2.53. The first-order valence-corrected chi connectivity index (χ1v) is 17.0.